The van der Waals surface area contributed by atoms with Crippen molar-refractivity contribution in [1.82, 2.24) is 19.8 Å². The van der Waals surface area contributed by atoms with Gasteiger partial charge in [-0.3, -0.25) is 19.4 Å². The van der Waals surface area contributed by atoms with E-state index < -0.39 is 5.41 Å². The zero-order valence-corrected chi connectivity index (χ0v) is 31.4. The second kappa shape index (κ2) is 12.5. The number of nitrogens with zero attached hydrogens (tertiary/aromatic N) is 2. The minimum absolute atomic E-state index is 0.00427. The van der Waals surface area contributed by atoms with Gasteiger partial charge in [-0.2, -0.15) is 0 Å². The summed E-state index contributed by atoms with van der Waals surface area (Å²) in [6, 6.07) is 13.0. The number of H-pyrrole nitrogens is 2. The molecular weight excluding hydrogens is 652 g/mol. The number of likely N-dealkylation sites (N-methyl/N-ethyl adjacent to an activating group) is 1. The lowest BCUT2D eigenvalue weighted by Gasteiger charge is -2.57. The third-order valence-electron chi connectivity index (χ3n) is 14.2. The van der Waals surface area contributed by atoms with Crippen LogP contribution in [0.1, 0.15) is 73.5 Å². The van der Waals surface area contributed by atoms with Crippen molar-refractivity contribution in [3.63, 3.8) is 0 Å². The van der Waals surface area contributed by atoms with Gasteiger partial charge in [-0.15, -0.1) is 0 Å². The molecular formula is C43H52N4O5. The molecule has 0 spiro atoms. The van der Waals surface area contributed by atoms with Gasteiger partial charge in [0.15, 0.2) is 0 Å². The first-order valence-electron chi connectivity index (χ1n) is 19.3. The van der Waals surface area contributed by atoms with Crippen LogP contribution in [0.2, 0.25) is 0 Å². The second-order valence-electron chi connectivity index (χ2n) is 16.3. The summed E-state index contributed by atoms with van der Waals surface area (Å²) >= 11 is 0. The second-order valence-corrected chi connectivity index (χ2v) is 16.3. The van der Waals surface area contributed by atoms with Gasteiger partial charge >= 0.3 is 11.9 Å². The number of esters is 2. The first-order chi connectivity index (χ1) is 25.3. The SMILES string of the molecule is C/C=C1\CN(C)C2Cc3c([nH]c4ccccc34)C(c3c(OC)ccc4c5c([nH]c34)[C@@]3(C(=O)OC)CC4CC(CC)C3N(CC5)C4)CC1C2C(=O)OC. The highest BCUT2D eigenvalue weighted by atomic mass is 16.5. The lowest BCUT2D eigenvalue weighted by molar-refractivity contribution is -0.162. The van der Waals surface area contributed by atoms with Crippen LogP contribution in [0.3, 0.4) is 0 Å². The first kappa shape index (κ1) is 33.7. The van der Waals surface area contributed by atoms with Gasteiger partial charge in [-0.05, 0) is 93.2 Å². The van der Waals surface area contributed by atoms with Crippen LogP contribution in [-0.4, -0.2) is 91.8 Å². The van der Waals surface area contributed by atoms with Crippen LogP contribution in [0.4, 0.5) is 0 Å². The maximum Gasteiger partial charge on any atom is 0.319 e. The topological polar surface area (TPSA) is 99.9 Å². The molecule has 4 aromatic rings. The number of ether oxygens (including phenoxy) is 3. The van der Waals surface area contributed by atoms with E-state index in [1.54, 1.807) is 14.2 Å². The predicted molar refractivity (Wildman–Crippen MR) is 202 cm³/mol. The molecule has 2 N–H and O–H groups in total. The highest BCUT2D eigenvalue weighted by molar-refractivity contribution is 5.95. The summed E-state index contributed by atoms with van der Waals surface area (Å²) in [6.07, 6.45) is 7.53. The molecule has 2 aromatic heterocycles. The van der Waals surface area contributed by atoms with E-state index in [1.165, 1.54) is 41.3 Å². The number of carbonyl (C=O) groups is 2. The molecule has 9 atom stereocenters. The molecule has 3 saturated heterocycles. The molecule has 2 aliphatic carbocycles. The normalized spacial score (nSPS) is 33.2. The predicted octanol–water partition coefficient (Wildman–Crippen LogP) is 6.49. The Labute approximate surface area is 306 Å². The Morgan fingerprint density at radius 2 is 1.85 bits per heavy atom. The molecule has 52 heavy (non-hydrogen) atoms. The molecule has 0 amide bonds. The molecule has 2 aromatic carbocycles. The molecule has 1 saturated carbocycles. The quantitative estimate of drug-likeness (QED) is 0.181. The molecule has 6 aliphatic rings. The van der Waals surface area contributed by atoms with Gasteiger partial charge in [0, 0.05) is 70.9 Å². The average Bonchev–Trinajstić information content (AvgIpc) is 3.70. The smallest absolute Gasteiger partial charge is 0.319 e. The van der Waals surface area contributed by atoms with Crippen LogP contribution in [0.5, 0.6) is 5.75 Å². The molecule has 4 fully saturated rings. The Balaban J connectivity index is 1.32. The fourth-order valence-electron chi connectivity index (χ4n) is 12.1. The molecule has 6 bridgehead atoms. The summed E-state index contributed by atoms with van der Waals surface area (Å²) in [6.45, 7) is 7.16. The standard InChI is InChI=1S/C43H52N4O5/c1-7-24-17-23-20-43(42(49)52-6)39-28(15-16-47(21-23)40(24)43)27-13-14-34(50-4)36(38(27)45-39)31-18-29-25(8-2)22-46(3)33(35(29)41(48)51-5)19-30-26-11-9-10-12-32(26)44-37(30)31/h8-14,23-24,29,31,33,35,40,44-45H,7,15-22H2,1-6H3/b25-8+/t23?,24?,29?,31?,33?,35?,40?,43-/m0/s1. The number of aromatic amines is 2. The minimum atomic E-state index is -0.756. The third-order valence-corrected chi connectivity index (χ3v) is 14.2. The van der Waals surface area contributed by atoms with Gasteiger partial charge in [-0.25, -0.2) is 0 Å². The Kier molecular flexibility index (Phi) is 8.12. The number of hydrogen-bond donors (Lipinski definition) is 2. The molecule has 8 unspecified atom stereocenters. The van der Waals surface area contributed by atoms with Crippen LogP contribution in [0, 0.1) is 23.7 Å². The molecule has 4 aliphatic heterocycles. The van der Waals surface area contributed by atoms with E-state index in [9.17, 15) is 9.59 Å². The Bertz CT molecular complexity index is 2110. The molecule has 9 nitrogen and oxygen atoms in total. The number of aromatic nitrogens is 2. The number of piperidine rings is 3. The van der Waals surface area contributed by atoms with E-state index in [0.29, 0.717) is 18.3 Å². The fourth-order valence-corrected chi connectivity index (χ4v) is 12.1. The number of carbonyl (C=O) groups excluding carboxylic acids is 2. The van der Waals surface area contributed by atoms with Gasteiger partial charge < -0.3 is 24.2 Å². The van der Waals surface area contributed by atoms with Gasteiger partial charge in [0.25, 0.3) is 0 Å². The van der Waals surface area contributed by atoms with Crippen molar-refractivity contribution in [3.8, 4) is 5.75 Å². The van der Waals surface area contributed by atoms with E-state index >= 15 is 0 Å². The van der Waals surface area contributed by atoms with Gasteiger partial charge in [0.2, 0.25) is 0 Å². The Hall–Kier alpha value is -4.08. The summed E-state index contributed by atoms with van der Waals surface area (Å²) in [5.41, 5.74) is 8.43. The largest absolute Gasteiger partial charge is 0.496 e. The molecule has 274 valence electrons. The van der Waals surface area contributed by atoms with E-state index in [1.807, 2.05) is 0 Å². The van der Waals surface area contributed by atoms with Crippen molar-refractivity contribution >= 4 is 33.7 Å². The Morgan fingerprint density at radius 1 is 1.02 bits per heavy atom. The monoisotopic (exact) mass is 704 g/mol. The Morgan fingerprint density at radius 3 is 2.60 bits per heavy atom. The number of methoxy groups -OCH3 is 3. The van der Waals surface area contributed by atoms with E-state index in [2.05, 4.69) is 83.1 Å². The number of allylic oxidation sites excluding steroid dienone is 1. The molecule has 9 heteroatoms. The number of rotatable bonds is 5. The summed E-state index contributed by atoms with van der Waals surface area (Å²) in [5, 5.41) is 2.35. The summed E-state index contributed by atoms with van der Waals surface area (Å²) < 4.78 is 17.7. The zero-order chi connectivity index (χ0) is 36.1. The van der Waals surface area contributed by atoms with Crippen LogP contribution in [-0.2, 0) is 37.3 Å². The maximum absolute atomic E-state index is 14.4. The van der Waals surface area contributed by atoms with Gasteiger partial charge in [0.05, 0.1) is 32.8 Å². The van der Waals surface area contributed by atoms with Crippen LogP contribution in [0.25, 0.3) is 21.8 Å². The zero-order valence-electron chi connectivity index (χ0n) is 31.4. The van der Waals surface area contributed by atoms with Crippen LogP contribution < -0.4 is 4.74 Å². The van der Waals surface area contributed by atoms with Crippen molar-refractivity contribution < 1.29 is 23.8 Å². The number of hydrogen-bond acceptors (Lipinski definition) is 7. The van der Waals surface area contributed by atoms with Crippen molar-refractivity contribution in [2.75, 3.05) is 48.0 Å². The summed E-state index contributed by atoms with van der Waals surface area (Å²) in [7, 11) is 6.98. The van der Waals surface area contributed by atoms with Crippen LogP contribution >= 0.6 is 0 Å². The molecule has 0 radical (unpaired) electrons. The van der Waals surface area contributed by atoms with E-state index in [0.717, 1.165) is 78.7 Å². The minimum Gasteiger partial charge on any atom is -0.496 e. The average molecular weight is 705 g/mol. The van der Waals surface area contributed by atoms with Crippen molar-refractivity contribution in [1.29, 1.82) is 0 Å². The lowest BCUT2D eigenvalue weighted by Crippen LogP contribution is -2.67. The maximum atomic E-state index is 14.4. The van der Waals surface area contributed by atoms with Gasteiger partial charge in [0.1, 0.15) is 11.2 Å². The highest BCUT2D eigenvalue weighted by Crippen LogP contribution is 2.57. The van der Waals surface area contributed by atoms with E-state index in [-0.39, 0.29) is 41.8 Å². The lowest BCUT2D eigenvalue weighted by atomic mass is 9.56. The summed E-state index contributed by atoms with van der Waals surface area (Å²) in [5.74, 6) is 0.960. The third kappa shape index (κ3) is 4.60. The van der Waals surface area contributed by atoms with Crippen molar-refractivity contribution in [3.05, 3.63) is 76.1 Å². The number of likely N-dealkylation sites (tertiary alicyclic amines) is 1. The van der Waals surface area contributed by atoms with Crippen LogP contribution in [0.15, 0.2) is 48.0 Å². The van der Waals surface area contributed by atoms with E-state index in [4.69, 9.17) is 14.2 Å². The highest BCUT2D eigenvalue weighted by Gasteiger charge is 2.63. The number of nitrogens with one attached hydrogen (secondary N) is 2. The van der Waals surface area contributed by atoms with Crippen molar-refractivity contribution in [2.24, 2.45) is 23.7 Å². The van der Waals surface area contributed by atoms with Crippen molar-refractivity contribution in [2.45, 2.75) is 75.8 Å². The fraction of sp³-hybridized carbons (Fsp3) is 0.535. The number of benzene rings is 2. The number of fused-ring (bicyclic) bond motifs is 9. The van der Waals surface area contributed by atoms with Gasteiger partial charge in [-0.1, -0.05) is 43.2 Å². The molecule has 10 rings (SSSR count). The molecule has 6 heterocycles. The number of para-hydroxylation sites is 1. The first-order valence-corrected chi connectivity index (χ1v) is 19.3. The summed E-state index contributed by atoms with van der Waals surface area (Å²) in [4.78, 5) is 41.2.